The highest BCUT2D eigenvalue weighted by molar-refractivity contribution is 6.28. The summed E-state index contributed by atoms with van der Waals surface area (Å²) in [4.78, 5) is 29.0. The summed E-state index contributed by atoms with van der Waals surface area (Å²) >= 11 is 0. The number of methoxy groups -OCH3 is 2. The average molecular weight is 433 g/mol. The van der Waals surface area contributed by atoms with Crippen LogP contribution in [0.3, 0.4) is 0 Å². The van der Waals surface area contributed by atoms with Gasteiger partial charge in [0.2, 0.25) is 0 Å². The number of hydrogen-bond acceptors (Lipinski definition) is 7. The first-order valence-electron chi connectivity index (χ1n) is 9.73. The molecule has 0 amide bonds. The molecule has 3 rings (SSSR count). The van der Waals surface area contributed by atoms with Crippen LogP contribution in [0.2, 0.25) is 0 Å². The fraction of sp³-hybridized carbons (Fsp3) is 0.364. The molecule has 31 heavy (non-hydrogen) atoms. The molecule has 2 aromatic carbocycles. The summed E-state index contributed by atoms with van der Waals surface area (Å²) < 4.78 is 29.6. The first-order chi connectivity index (χ1) is 14.8. The Morgan fingerprint density at radius 1 is 1.13 bits per heavy atom. The van der Waals surface area contributed by atoms with E-state index in [1.807, 2.05) is 6.92 Å². The maximum atomic E-state index is 13.3. The van der Waals surface area contributed by atoms with Crippen molar-refractivity contribution in [3.05, 3.63) is 47.8 Å². The maximum Gasteiger partial charge on any atom is 0.417 e. The Morgan fingerprint density at radius 2 is 1.77 bits per heavy atom. The van der Waals surface area contributed by atoms with E-state index in [0.29, 0.717) is 42.2 Å². The van der Waals surface area contributed by atoms with Gasteiger partial charge in [-0.25, -0.2) is 19.0 Å². The van der Waals surface area contributed by atoms with E-state index in [1.54, 1.807) is 12.1 Å². The fourth-order valence-electron chi connectivity index (χ4n) is 3.52. The Balaban J connectivity index is 2.05. The van der Waals surface area contributed by atoms with Gasteiger partial charge in [-0.1, -0.05) is 6.92 Å². The average Bonchev–Trinajstić information content (AvgIpc) is 2.91. The van der Waals surface area contributed by atoms with Crippen molar-refractivity contribution in [1.29, 1.82) is 0 Å². The molecule has 0 saturated carbocycles. The van der Waals surface area contributed by atoms with Crippen LogP contribution in [0.1, 0.15) is 25.3 Å². The lowest BCUT2D eigenvalue weighted by Crippen LogP contribution is -2.47. The Morgan fingerprint density at radius 3 is 2.35 bits per heavy atom. The number of aryl methyl sites for hydroxylation is 1. The van der Waals surface area contributed by atoms with E-state index < -0.39 is 23.4 Å². The van der Waals surface area contributed by atoms with Crippen LogP contribution < -0.4 is 19.4 Å². The van der Waals surface area contributed by atoms with Crippen LogP contribution in [0.4, 0.5) is 10.1 Å². The topological polar surface area (TPSA) is 94.5 Å². The van der Waals surface area contributed by atoms with Crippen LogP contribution in [-0.2, 0) is 20.7 Å². The highest BCUT2D eigenvalue weighted by Crippen LogP contribution is 2.41. The fourth-order valence-corrected chi connectivity index (χ4v) is 3.52. The monoisotopic (exact) mass is 433 g/mol. The van der Waals surface area contributed by atoms with Crippen molar-refractivity contribution < 1.29 is 38.1 Å². The number of carboxylic acids is 1. The lowest BCUT2D eigenvalue weighted by atomic mass is 9.93. The zero-order valence-corrected chi connectivity index (χ0v) is 17.5. The van der Waals surface area contributed by atoms with Crippen molar-refractivity contribution in [2.24, 2.45) is 0 Å². The molecule has 0 aliphatic carbocycles. The zero-order valence-electron chi connectivity index (χ0n) is 17.5. The van der Waals surface area contributed by atoms with E-state index in [-0.39, 0.29) is 6.54 Å². The molecule has 9 heteroatoms. The third kappa shape index (κ3) is 4.82. The summed E-state index contributed by atoms with van der Waals surface area (Å²) in [7, 11) is 3.04. The van der Waals surface area contributed by atoms with Gasteiger partial charge < -0.3 is 24.2 Å². The number of hydrogen-bond donors (Lipinski definition) is 1. The van der Waals surface area contributed by atoms with Crippen molar-refractivity contribution in [3.63, 3.8) is 0 Å². The van der Waals surface area contributed by atoms with Crippen molar-refractivity contribution in [2.45, 2.75) is 31.8 Å². The molecular formula is C22H24FNO7. The third-order valence-electron chi connectivity index (χ3n) is 5.29. The summed E-state index contributed by atoms with van der Waals surface area (Å²) in [6.45, 7) is 1.87. The van der Waals surface area contributed by atoms with Gasteiger partial charge >= 0.3 is 11.9 Å². The standard InChI is InChI=1S/C22H24FNO7/c1-4-22(30-21(27)20(25)26)10-9-14-11-18(28-2)19(29-3)12-17(14)24(13-22)31-16-7-5-15(23)6-8-16/h5-8,11-12H,4,9-10,13H2,1-3H3,(H,25,26). The molecule has 0 bridgehead atoms. The van der Waals surface area contributed by atoms with Gasteiger partial charge in [-0.15, -0.1) is 0 Å². The van der Waals surface area contributed by atoms with E-state index in [9.17, 15) is 14.0 Å². The van der Waals surface area contributed by atoms with E-state index in [2.05, 4.69) is 0 Å². The molecule has 1 aliphatic heterocycles. The quantitative estimate of drug-likeness (QED) is 0.547. The number of ether oxygens (including phenoxy) is 3. The molecular weight excluding hydrogens is 409 g/mol. The van der Waals surface area contributed by atoms with E-state index in [4.69, 9.17) is 24.2 Å². The van der Waals surface area contributed by atoms with Crippen LogP contribution in [0.15, 0.2) is 36.4 Å². The minimum atomic E-state index is -1.66. The lowest BCUT2D eigenvalue weighted by molar-refractivity contribution is -0.175. The number of anilines is 1. The molecule has 0 aromatic heterocycles. The molecule has 0 saturated heterocycles. The SMILES string of the molecule is CCC1(OC(=O)C(=O)O)CCc2cc(OC)c(OC)cc2N(Oc2ccc(F)cc2)C1. The molecule has 8 nitrogen and oxygen atoms in total. The highest BCUT2D eigenvalue weighted by Gasteiger charge is 2.40. The smallest absolute Gasteiger partial charge is 0.417 e. The number of benzene rings is 2. The Hall–Kier alpha value is -3.49. The molecule has 166 valence electrons. The molecule has 0 spiro atoms. The van der Waals surface area contributed by atoms with Gasteiger partial charge in [0.25, 0.3) is 0 Å². The van der Waals surface area contributed by atoms with E-state index >= 15 is 0 Å². The highest BCUT2D eigenvalue weighted by atomic mass is 19.1. The predicted octanol–water partition coefficient (Wildman–Crippen LogP) is 3.37. The lowest BCUT2D eigenvalue weighted by Gasteiger charge is -2.35. The zero-order chi connectivity index (χ0) is 22.6. The van der Waals surface area contributed by atoms with Crippen molar-refractivity contribution in [2.75, 3.05) is 25.8 Å². The van der Waals surface area contributed by atoms with Crippen molar-refractivity contribution >= 4 is 17.6 Å². The van der Waals surface area contributed by atoms with Crippen LogP contribution in [0, 0.1) is 5.82 Å². The number of carbonyl (C=O) groups is 2. The van der Waals surface area contributed by atoms with Crippen LogP contribution >= 0.6 is 0 Å². The maximum absolute atomic E-state index is 13.3. The summed E-state index contributed by atoms with van der Waals surface area (Å²) in [6.07, 6.45) is 1.20. The first kappa shape index (κ1) is 22.2. The van der Waals surface area contributed by atoms with Crippen LogP contribution in [0.25, 0.3) is 0 Å². The number of rotatable bonds is 6. The minimum absolute atomic E-state index is 0.0579. The molecule has 1 heterocycles. The summed E-state index contributed by atoms with van der Waals surface area (Å²) in [5.41, 5.74) is 0.361. The molecule has 0 fully saturated rings. The van der Waals surface area contributed by atoms with E-state index in [0.717, 1.165) is 5.56 Å². The number of fused-ring (bicyclic) bond motifs is 1. The largest absolute Gasteiger partial charge is 0.493 e. The Labute approximate surface area is 179 Å². The van der Waals surface area contributed by atoms with Gasteiger partial charge in [0.1, 0.15) is 11.4 Å². The first-order valence-corrected chi connectivity index (χ1v) is 9.73. The summed E-state index contributed by atoms with van der Waals surface area (Å²) in [5.74, 6) is -2.05. The van der Waals surface area contributed by atoms with Crippen molar-refractivity contribution in [3.8, 4) is 17.2 Å². The second kappa shape index (κ2) is 9.11. The van der Waals surface area contributed by atoms with Crippen LogP contribution in [0.5, 0.6) is 17.2 Å². The molecule has 1 aliphatic rings. The molecule has 0 radical (unpaired) electrons. The van der Waals surface area contributed by atoms with Crippen molar-refractivity contribution in [1.82, 2.24) is 0 Å². The number of hydroxylamine groups is 1. The number of halogens is 1. The second-order valence-corrected chi connectivity index (χ2v) is 7.15. The van der Waals surface area contributed by atoms with Gasteiger partial charge in [-0.3, -0.25) is 0 Å². The van der Waals surface area contributed by atoms with Crippen LogP contribution in [-0.4, -0.2) is 43.4 Å². The van der Waals surface area contributed by atoms with Gasteiger partial charge in [0.05, 0.1) is 26.5 Å². The number of esters is 1. The minimum Gasteiger partial charge on any atom is -0.493 e. The van der Waals surface area contributed by atoms with E-state index in [1.165, 1.54) is 43.5 Å². The van der Waals surface area contributed by atoms with Gasteiger partial charge in [0, 0.05) is 6.07 Å². The molecule has 1 unspecified atom stereocenters. The predicted molar refractivity (Wildman–Crippen MR) is 109 cm³/mol. The molecule has 2 aromatic rings. The Bertz CT molecular complexity index is 963. The Kier molecular flexibility index (Phi) is 6.53. The van der Waals surface area contributed by atoms with Gasteiger partial charge in [-0.2, -0.15) is 0 Å². The normalized spacial score (nSPS) is 17.9. The molecule has 1 N–H and O–H groups in total. The number of carboxylic acid groups (broad SMARTS) is 1. The number of aliphatic carboxylic acids is 1. The summed E-state index contributed by atoms with van der Waals surface area (Å²) in [6, 6.07) is 9.01. The third-order valence-corrected chi connectivity index (χ3v) is 5.29. The number of carbonyl (C=O) groups excluding carboxylic acids is 1. The summed E-state index contributed by atoms with van der Waals surface area (Å²) in [5, 5.41) is 10.6. The molecule has 1 atom stereocenters. The number of nitrogens with zero attached hydrogens (tertiary/aromatic N) is 1. The second-order valence-electron chi connectivity index (χ2n) is 7.15. The van der Waals surface area contributed by atoms with Gasteiger partial charge in [0.15, 0.2) is 17.2 Å². The van der Waals surface area contributed by atoms with Gasteiger partial charge in [-0.05, 0) is 55.2 Å².